The summed E-state index contributed by atoms with van der Waals surface area (Å²) < 4.78 is 12.1. The maximum atomic E-state index is 12.0. The monoisotopic (exact) mass is 680 g/mol. The van der Waals surface area contributed by atoms with Gasteiger partial charge in [0, 0.05) is 10.9 Å². The summed E-state index contributed by atoms with van der Waals surface area (Å²) in [5.74, 6) is 1.31. The normalized spacial score (nSPS) is 15.7. The van der Waals surface area contributed by atoms with E-state index in [4.69, 9.17) is 55.6 Å². The Labute approximate surface area is 262 Å². The van der Waals surface area contributed by atoms with E-state index in [9.17, 15) is 5.11 Å². The van der Waals surface area contributed by atoms with Gasteiger partial charge in [0.15, 0.2) is 15.7 Å². The van der Waals surface area contributed by atoms with Gasteiger partial charge in [0.1, 0.15) is 13.1 Å². The maximum absolute atomic E-state index is 12.0. The van der Waals surface area contributed by atoms with Crippen LogP contribution >= 0.6 is 46.4 Å². The van der Waals surface area contributed by atoms with Crippen molar-refractivity contribution in [3.05, 3.63) is 88.6 Å². The lowest BCUT2D eigenvalue weighted by Crippen LogP contribution is -3.00. The summed E-state index contributed by atoms with van der Waals surface area (Å²) in [6.45, 7) is 2.70. The third kappa shape index (κ3) is 10.8. The van der Waals surface area contributed by atoms with Crippen molar-refractivity contribution in [1.29, 1.82) is 0 Å². The molecule has 1 N–H and O–H groups in total. The molecule has 0 radical (unpaired) electrons. The van der Waals surface area contributed by atoms with E-state index < -0.39 is 9.90 Å². The number of nitrogens with zero attached hydrogens (tertiary/aromatic N) is 2. The molecule has 3 aromatic rings. The fourth-order valence-electron chi connectivity index (χ4n) is 4.89. The van der Waals surface area contributed by atoms with E-state index in [0.29, 0.717) is 30.1 Å². The summed E-state index contributed by atoms with van der Waals surface area (Å²) in [6, 6.07) is 17.6. The van der Waals surface area contributed by atoms with E-state index >= 15 is 0 Å². The van der Waals surface area contributed by atoms with Gasteiger partial charge in [0.05, 0.1) is 33.5 Å². The van der Waals surface area contributed by atoms with Gasteiger partial charge in [-0.15, -0.1) is 0 Å². The van der Waals surface area contributed by atoms with Gasteiger partial charge in [-0.05, 0) is 36.1 Å². The maximum Gasteiger partial charge on any atom is 0.231 e. The van der Waals surface area contributed by atoms with Gasteiger partial charge in [0.25, 0.3) is 0 Å². The summed E-state index contributed by atoms with van der Waals surface area (Å²) in [5, 5.41) is 12.7. The molecule has 0 aliphatic heterocycles. The number of halogens is 5. The summed E-state index contributed by atoms with van der Waals surface area (Å²) in [4.78, 5) is 4.60. The predicted molar refractivity (Wildman–Crippen MR) is 156 cm³/mol. The first-order valence-corrected chi connectivity index (χ1v) is 14.6. The van der Waals surface area contributed by atoms with Crippen LogP contribution in [0, 0.1) is 5.92 Å². The van der Waals surface area contributed by atoms with E-state index in [1.54, 1.807) is 6.20 Å². The molecule has 1 aliphatic rings. The van der Waals surface area contributed by atoms with Crippen LogP contribution in [0.4, 0.5) is 0 Å². The first kappa shape index (κ1) is 34.4. The predicted octanol–water partition coefficient (Wildman–Crippen LogP) is 4.93. The lowest BCUT2D eigenvalue weighted by molar-refractivity contribution is -0.905. The SMILES string of the molecule is C[N+](C)(CCOCc1ccc(Cl)cc1)Cc1cnc([C@](O)(c2ccccc2)C2CCCCC2)o1.ClC(Cl)Cl.[Br-]. The zero-order valence-corrected chi connectivity index (χ0v) is 26.9. The Kier molecular flexibility index (Phi) is 14.6. The molecule has 0 saturated heterocycles. The minimum atomic E-state index is -1.20. The number of rotatable bonds is 10. The Hall–Kier alpha value is -0.830. The van der Waals surface area contributed by atoms with Crippen LogP contribution in [0.3, 0.4) is 0 Å². The van der Waals surface area contributed by atoms with Gasteiger partial charge < -0.3 is 35.7 Å². The minimum Gasteiger partial charge on any atom is -1.00 e. The Balaban J connectivity index is 0.000000998. The number of quaternary nitrogens is 1. The average molecular weight is 683 g/mol. The molecule has 5 nitrogen and oxygen atoms in total. The second-order valence-corrected chi connectivity index (χ2v) is 12.8. The number of ether oxygens (including phenoxy) is 1. The van der Waals surface area contributed by atoms with E-state index in [1.165, 1.54) is 6.42 Å². The molecule has 1 aliphatic carbocycles. The van der Waals surface area contributed by atoms with Crippen LogP contribution in [0.25, 0.3) is 0 Å². The first-order valence-electron chi connectivity index (χ1n) is 12.9. The standard InChI is InChI=1S/C28H36ClN2O3.CHCl3.BrH/c1-31(2,17-18-33-21-22-13-15-25(29)16-14-22)20-26-19-30-27(34-26)28(32,23-9-5-3-6-10-23)24-11-7-4-8-12-24;2-1(3)4;/h3,5-6,9-10,13-16,19,24,32H,4,7-8,11-12,17-18,20-21H2,1-2H3;1H;1H/q+1;;/p-1/t28-;;/m0../s1. The van der Waals surface area contributed by atoms with E-state index in [2.05, 4.69) is 19.1 Å². The summed E-state index contributed by atoms with van der Waals surface area (Å²) in [6.07, 6.45) is 7.23. The van der Waals surface area contributed by atoms with Crippen molar-refractivity contribution < 1.29 is 35.7 Å². The topological polar surface area (TPSA) is 55.5 Å². The molecule has 10 heteroatoms. The van der Waals surface area contributed by atoms with Gasteiger partial charge in [-0.2, -0.15) is 0 Å². The highest BCUT2D eigenvalue weighted by Gasteiger charge is 2.44. The molecule has 1 atom stereocenters. The quantitative estimate of drug-likeness (QED) is 0.187. The van der Waals surface area contributed by atoms with Crippen LogP contribution < -0.4 is 17.0 Å². The lowest BCUT2D eigenvalue weighted by atomic mass is 9.73. The molecule has 1 aromatic heterocycles. The summed E-state index contributed by atoms with van der Waals surface area (Å²) in [5.41, 5.74) is 0.774. The van der Waals surface area contributed by atoms with E-state index in [-0.39, 0.29) is 22.9 Å². The van der Waals surface area contributed by atoms with Crippen LogP contribution in [0.1, 0.15) is 54.9 Å². The molecule has 4 rings (SSSR count). The molecule has 0 bridgehead atoms. The largest absolute Gasteiger partial charge is 1.00 e. The van der Waals surface area contributed by atoms with E-state index in [1.807, 2.05) is 54.6 Å². The Morgan fingerprint density at radius 2 is 1.64 bits per heavy atom. The second kappa shape index (κ2) is 16.6. The van der Waals surface area contributed by atoms with Crippen LogP contribution in [0.2, 0.25) is 5.02 Å². The zero-order chi connectivity index (χ0) is 27.6. The van der Waals surface area contributed by atoms with Gasteiger partial charge in [-0.25, -0.2) is 4.98 Å². The van der Waals surface area contributed by atoms with Crippen LogP contribution in [0.5, 0.6) is 0 Å². The van der Waals surface area contributed by atoms with Crippen LogP contribution in [-0.4, -0.2) is 46.1 Å². The van der Waals surface area contributed by atoms with Crippen LogP contribution in [-0.2, 0) is 23.5 Å². The Morgan fingerprint density at radius 3 is 2.26 bits per heavy atom. The van der Waals surface area contributed by atoms with Gasteiger partial charge in [0.2, 0.25) is 5.89 Å². The molecule has 0 unspecified atom stereocenters. The smallest absolute Gasteiger partial charge is 0.231 e. The molecule has 0 spiro atoms. The molecule has 0 amide bonds. The van der Waals surface area contributed by atoms with Crippen molar-refractivity contribution in [2.75, 3.05) is 27.2 Å². The number of benzene rings is 2. The second-order valence-electron chi connectivity index (χ2n) is 10.3. The lowest BCUT2D eigenvalue weighted by Gasteiger charge is -2.36. The number of hydrogen-bond donors (Lipinski definition) is 1. The average Bonchev–Trinajstić information content (AvgIpc) is 3.36. The number of aromatic nitrogens is 1. The van der Waals surface area contributed by atoms with Gasteiger partial charge in [-0.1, -0.05) is 108 Å². The fourth-order valence-corrected chi connectivity index (χ4v) is 5.01. The number of alkyl halides is 3. The number of likely N-dealkylation sites (N-methyl/N-ethyl adjacent to an activating group) is 1. The molecule has 1 fully saturated rings. The highest BCUT2D eigenvalue weighted by atomic mass is 79.9. The van der Waals surface area contributed by atoms with E-state index in [0.717, 1.165) is 54.1 Å². The third-order valence-electron chi connectivity index (χ3n) is 6.90. The number of aliphatic hydroxyl groups is 1. The number of oxazole rings is 1. The first-order chi connectivity index (χ1) is 18.1. The summed E-state index contributed by atoms with van der Waals surface area (Å²) >= 11 is 20.4. The molecular formula is C29H37BrCl4N2O3. The molecule has 1 heterocycles. The highest BCUT2D eigenvalue weighted by molar-refractivity contribution is 6.63. The minimum absolute atomic E-state index is 0. The number of hydrogen-bond acceptors (Lipinski definition) is 4. The molecule has 1 saturated carbocycles. The fraction of sp³-hybridized carbons (Fsp3) is 0.483. The Morgan fingerprint density at radius 1 is 1.03 bits per heavy atom. The molecule has 2 aromatic carbocycles. The highest BCUT2D eigenvalue weighted by Crippen LogP contribution is 2.43. The van der Waals surface area contributed by atoms with Crippen molar-refractivity contribution >= 4 is 46.4 Å². The summed E-state index contributed by atoms with van der Waals surface area (Å²) in [7, 11) is 4.30. The van der Waals surface area contributed by atoms with Gasteiger partial charge in [-0.3, -0.25) is 0 Å². The van der Waals surface area contributed by atoms with Crippen molar-refractivity contribution in [3.63, 3.8) is 0 Å². The van der Waals surface area contributed by atoms with Crippen LogP contribution in [0.15, 0.2) is 65.2 Å². The zero-order valence-electron chi connectivity index (χ0n) is 22.3. The van der Waals surface area contributed by atoms with Crippen molar-refractivity contribution in [2.24, 2.45) is 5.92 Å². The van der Waals surface area contributed by atoms with Crippen molar-refractivity contribution in [1.82, 2.24) is 4.98 Å². The van der Waals surface area contributed by atoms with Gasteiger partial charge >= 0.3 is 0 Å². The van der Waals surface area contributed by atoms with Crippen molar-refractivity contribution in [2.45, 2.75) is 55.2 Å². The molecule has 39 heavy (non-hydrogen) atoms. The third-order valence-corrected chi connectivity index (χ3v) is 7.15. The Bertz CT molecular complexity index is 1090. The molecular weight excluding hydrogens is 646 g/mol. The molecule has 216 valence electrons. The van der Waals surface area contributed by atoms with Crippen molar-refractivity contribution in [3.8, 4) is 0 Å².